The van der Waals surface area contributed by atoms with Crippen LogP contribution in [-0.4, -0.2) is 34.5 Å². The normalized spacial score (nSPS) is 22.4. The average Bonchev–Trinajstić information content (AvgIpc) is 2.87. The van der Waals surface area contributed by atoms with Crippen LogP contribution in [0.3, 0.4) is 0 Å². The number of aromatic amines is 1. The predicted octanol–water partition coefficient (Wildman–Crippen LogP) is 1.88. The van der Waals surface area contributed by atoms with E-state index in [-0.39, 0.29) is 17.6 Å². The minimum atomic E-state index is -0.270. The van der Waals surface area contributed by atoms with Gasteiger partial charge in [-0.25, -0.2) is 0 Å². The summed E-state index contributed by atoms with van der Waals surface area (Å²) in [5, 5.41) is 4.59. The summed E-state index contributed by atoms with van der Waals surface area (Å²) < 4.78 is 0. The van der Waals surface area contributed by atoms with Crippen LogP contribution in [0, 0.1) is 0 Å². The fourth-order valence-electron chi connectivity index (χ4n) is 2.75. The summed E-state index contributed by atoms with van der Waals surface area (Å²) >= 11 is 0. The molecule has 1 aliphatic heterocycles. The molecule has 2 N–H and O–H groups in total. The minimum absolute atomic E-state index is 0.140. The maximum absolute atomic E-state index is 12.2. The Labute approximate surface area is 112 Å². The number of benzene rings is 1. The van der Waals surface area contributed by atoms with Gasteiger partial charge in [-0.2, -0.15) is 0 Å². The maximum atomic E-state index is 12.2. The largest absolute Gasteiger partial charge is 0.361 e. The molecule has 1 aromatic carbocycles. The zero-order valence-electron chi connectivity index (χ0n) is 11.5. The van der Waals surface area contributed by atoms with Crippen molar-refractivity contribution in [2.75, 3.05) is 7.05 Å². The van der Waals surface area contributed by atoms with Crippen molar-refractivity contribution in [1.29, 1.82) is 0 Å². The van der Waals surface area contributed by atoms with Crippen LogP contribution in [0.5, 0.6) is 0 Å². The highest BCUT2D eigenvalue weighted by molar-refractivity contribution is 5.87. The summed E-state index contributed by atoms with van der Waals surface area (Å²) in [6, 6.07) is 8.05. The van der Waals surface area contributed by atoms with Gasteiger partial charge in [-0.1, -0.05) is 18.2 Å². The van der Waals surface area contributed by atoms with E-state index < -0.39 is 0 Å². The third-order valence-corrected chi connectivity index (χ3v) is 4.09. The summed E-state index contributed by atoms with van der Waals surface area (Å²) in [6.07, 6.45) is 2.72. The first-order chi connectivity index (χ1) is 8.99. The topological polar surface area (TPSA) is 48.1 Å². The van der Waals surface area contributed by atoms with Crippen molar-refractivity contribution in [3.05, 3.63) is 36.0 Å². The molecule has 2 heterocycles. The molecule has 19 heavy (non-hydrogen) atoms. The number of carbonyl (C=O) groups is 1. The molecule has 1 saturated heterocycles. The van der Waals surface area contributed by atoms with Gasteiger partial charge in [0.1, 0.15) is 0 Å². The highest BCUT2D eigenvalue weighted by Gasteiger charge is 2.41. The summed E-state index contributed by atoms with van der Waals surface area (Å²) in [7, 11) is 1.85. The van der Waals surface area contributed by atoms with Gasteiger partial charge in [-0.05, 0) is 31.9 Å². The van der Waals surface area contributed by atoms with Gasteiger partial charge in [0.15, 0.2) is 0 Å². The summed E-state index contributed by atoms with van der Waals surface area (Å²) in [5.41, 5.74) is 2.04. The number of hydrogen-bond acceptors (Lipinski definition) is 2. The predicted molar refractivity (Wildman–Crippen MR) is 75.8 cm³/mol. The van der Waals surface area contributed by atoms with Crippen molar-refractivity contribution in [2.24, 2.45) is 0 Å². The molecule has 4 heteroatoms. The van der Waals surface area contributed by atoms with Crippen LogP contribution in [0.15, 0.2) is 30.5 Å². The highest BCUT2D eigenvalue weighted by atomic mass is 16.2. The monoisotopic (exact) mass is 257 g/mol. The van der Waals surface area contributed by atoms with Crippen molar-refractivity contribution < 1.29 is 4.79 Å². The molecule has 4 nitrogen and oxygen atoms in total. The van der Waals surface area contributed by atoms with E-state index in [0.29, 0.717) is 0 Å². The lowest BCUT2D eigenvalue weighted by atomic mass is 10.1. The fourth-order valence-corrected chi connectivity index (χ4v) is 2.75. The molecule has 0 bridgehead atoms. The lowest BCUT2D eigenvalue weighted by Crippen LogP contribution is -2.45. The molecule has 0 saturated carbocycles. The van der Waals surface area contributed by atoms with Gasteiger partial charge in [0.2, 0.25) is 5.91 Å². The van der Waals surface area contributed by atoms with E-state index in [2.05, 4.69) is 22.4 Å². The van der Waals surface area contributed by atoms with Gasteiger partial charge in [-0.3, -0.25) is 10.1 Å². The number of hydrogen-bond donors (Lipinski definition) is 2. The van der Waals surface area contributed by atoms with Crippen molar-refractivity contribution >= 4 is 16.8 Å². The van der Waals surface area contributed by atoms with Gasteiger partial charge in [0.25, 0.3) is 0 Å². The summed E-state index contributed by atoms with van der Waals surface area (Å²) in [4.78, 5) is 17.3. The molecule has 0 radical (unpaired) electrons. The maximum Gasteiger partial charge on any atom is 0.241 e. The van der Waals surface area contributed by atoms with E-state index in [1.54, 1.807) is 4.90 Å². The third kappa shape index (κ3) is 1.92. The SMILES string of the molecule is CN1C(=O)[C@@H](Cc2c[nH]c3ccccc23)NC1(C)C. The van der Waals surface area contributed by atoms with Crippen molar-refractivity contribution in [3.63, 3.8) is 0 Å². The smallest absolute Gasteiger partial charge is 0.241 e. The second-order valence-electron chi connectivity index (χ2n) is 5.72. The Balaban J connectivity index is 1.88. The van der Waals surface area contributed by atoms with Crippen molar-refractivity contribution in [3.8, 4) is 0 Å². The summed E-state index contributed by atoms with van der Waals surface area (Å²) in [5.74, 6) is 0.162. The second kappa shape index (κ2) is 4.10. The third-order valence-electron chi connectivity index (χ3n) is 4.09. The molecule has 3 rings (SSSR count). The Morgan fingerprint density at radius 1 is 1.32 bits per heavy atom. The first-order valence-electron chi connectivity index (χ1n) is 6.59. The van der Waals surface area contributed by atoms with Gasteiger partial charge in [0, 0.05) is 24.1 Å². The van der Waals surface area contributed by atoms with Crippen molar-refractivity contribution in [2.45, 2.75) is 32.0 Å². The number of para-hydroxylation sites is 1. The number of nitrogens with zero attached hydrogens (tertiary/aromatic N) is 1. The number of aromatic nitrogens is 1. The quantitative estimate of drug-likeness (QED) is 0.863. The van der Waals surface area contributed by atoms with Crippen LogP contribution in [0.2, 0.25) is 0 Å². The molecule has 0 unspecified atom stereocenters. The van der Waals surface area contributed by atoms with E-state index in [1.165, 1.54) is 10.9 Å². The van der Waals surface area contributed by atoms with Crippen LogP contribution in [0.25, 0.3) is 10.9 Å². The van der Waals surface area contributed by atoms with Gasteiger partial charge in [0.05, 0.1) is 11.7 Å². The number of likely N-dealkylation sites (N-methyl/N-ethyl adjacent to an activating group) is 1. The van der Waals surface area contributed by atoms with Crippen LogP contribution >= 0.6 is 0 Å². The van der Waals surface area contributed by atoms with Crippen LogP contribution in [0.1, 0.15) is 19.4 Å². The number of rotatable bonds is 2. The van der Waals surface area contributed by atoms with Crippen molar-refractivity contribution in [1.82, 2.24) is 15.2 Å². The van der Waals surface area contributed by atoms with E-state index in [1.807, 2.05) is 39.2 Å². The minimum Gasteiger partial charge on any atom is -0.361 e. The molecule has 1 amide bonds. The Morgan fingerprint density at radius 3 is 2.74 bits per heavy atom. The van der Waals surface area contributed by atoms with E-state index in [4.69, 9.17) is 0 Å². The van der Waals surface area contributed by atoms with Crippen LogP contribution in [0.4, 0.5) is 0 Å². The molecule has 1 atom stereocenters. The summed E-state index contributed by atoms with van der Waals surface area (Å²) in [6.45, 7) is 4.06. The van der Waals surface area contributed by atoms with E-state index in [9.17, 15) is 4.79 Å². The molecule has 100 valence electrons. The molecule has 1 fully saturated rings. The molecular formula is C15H19N3O. The van der Waals surface area contributed by atoms with Crippen LogP contribution < -0.4 is 5.32 Å². The Bertz CT molecular complexity index is 629. The molecule has 0 aliphatic carbocycles. The number of carbonyl (C=O) groups excluding carboxylic acids is 1. The lowest BCUT2D eigenvalue weighted by molar-refractivity contribution is -0.129. The Kier molecular flexibility index (Phi) is 2.64. The van der Waals surface area contributed by atoms with E-state index >= 15 is 0 Å². The Hall–Kier alpha value is -1.81. The molecule has 1 aliphatic rings. The molecular weight excluding hydrogens is 238 g/mol. The molecule has 0 spiro atoms. The van der Waals surface area contributed by atoms with E-state index in [0.717, 1.165) is 11.9 Å². The standard InChI is InChI=1S/C15H19N3O/c1-15(2)17-13(14(19)18(15)3)8-10-9-16-12-7-5-4-6-11(10)12/h4-7,9,13,16-17H,8H2,1-3H3/t13-/m1/s1. The Morgan fingerprint density at radius 2 is 2.05 bits per heavy atom. The van der Waals surface area contributed by atoms with Gasteiger partial charge >= 0.3 is 0 Å². The lowest BCUT2D eigenvalue weighted by Gasteiger charge is -2.27. The van der Waals surface area contributed by atoms with Gasteiger partial charge in [-0.15, -0.1) is 0 Å². The first-order valence-corrected chi connectivity index (χ1v) is 6.59. The number of nitrogens with one attached hydrogen (secondary N) is 2. The zero-order chi connectivity index (χ0) is 13.6. The second-order valence-corrected chi connectivity index (χ2v) is 5.72. The fraction of sp³-hybridized carbons (Fsp3) is 0.400. The zero-order valence-corrected chi connectivity index (χ0v) is 11.5. The first kappa shape index (κ1) is 12.2. The molecule has 2 aromatic rings. The number of H-pyrrole nitrogens is 1. The van der Waals surface area contributed by atoms with Gasteiger partial charge < -0.3 is 9.88 Å². The molecule has 1 aromatic heterocycles. The van der Waals surface area contributed by atoms with Crippen LogP contribution in [-0.2, 0) is 11.2 Å². The number of amides is 1. The average molecular weight is 257 g/mol. The highest BCUT2D eigenvalue weighted by Crippen LogP contribution is 2.24. The number of fused-ring (bicyclic) bond motifs is 1.